The van der Waals surface area contributed by atoms with Gasteiger partial charge in [-0.25, -0.2) is 4.79 Å². The highest BCUT2D eigenvalue weighted by atomic mass is 16.4. The number of hydrogen-bond donors (Lipinski definition) is 9. The van der Waals surface area contributed by atoms with Gasteiger partial charge in [-0.15, -0.1) is 0 Å². The second-order valence-corrected chi connectivity index (χ2v) is 5.76. The van der Waals surface area contributed by atoms with Crippen LogP contribution < -0.4 is 21.7 Å². The first kappa shape index (κ1) is 25.2. The lowest BCUT2D eigenvalue weighted by Crippen LogP contribution is -2.60. The lowest BCUT2D eigenvalue weighted by Gasteiger charge is -2.25. The summed E-state index contributed by atoms with van der Waals surface area (Å²) in [6, 6.07) is -6.50. The monoisotopic (exact) mass is 408 g/mol. The molecular weight excluding hydrogens is 384 g/mol. The summed E-state index contributed by atoms with van der Waals surface area (Å²) in [5.74, 6) is -6.44. The van der Waals surface area contributed by atoms with Crippen LogP contribution in [0.2, 0.25) is 0 Å². The fourth-order valence-electron chi connectivity index (χ4n) is 1.85. The molecule has 14 nitrogen and oxygen atoms in total. The first-order valence-corrected chi connectivity index (χ1v) is 7.95. The van der Waals surface area contributed by atoms with E-state index in [4.69, 9.17) is 21.1 Å². The number of carbonyl (C=O) groups is 5. The van der Waals surface area contributed by atoms with Gasteiger partial charge >= 0.3 is 11.9 Å². The minimum absolute atomic E-state index is 0.732. The van der Waals surface area contributed by atoms with Crippen molar-refractivity contribution in [1.82, 2.24) is 16.0 Å². The Hall–Kier alpha value is -2.81. The maximum Gasteiger partial charge on any atom is 0.326 e. The number of rotatable bonds is 12. The van der Waals surface area contributed by atoms with Crippen molar-refractivity contribution in [2.45, 2.75) is 43.6 Å². The van der Waals surface area contributed by atoms with E-state index in [1.165, 1.54) is 0 Å². The molecule has 0 aliphatic carbocycles. The normalized spacial score (nSPS) is 16.0. The number of carbonyl (C=O) groups excluding carboxylic acids is 3. The predicted octanol–water partition coefficient (Wildman–Crippen LogP) is -5.31. The molecule has 0 fully saturated rings. The average molecular weight is 408 g/mol. The Morgan fingerprint density at radius 3 is 1.79 bits per heavy atom. The van der Waals surface area contributed by atoms with E-state index in [1.54, 1.807) is 0 Å². The Bertz CT molecular complexity index is 597. The lowest BCUT2D eigenvalue weighted by molar-refractivity contribution is -0.148. The van der Waals surface area contributed by atoms with Gasteiger partial charge in [-0.3, -0.25) is 19.2 Å². The van der Waals surface area contributed by atoms with Gasteiger partial charge in [0.05, 0.1) is 25.7 Å². The zero-order valence-electron chi connectivity index (χ0n) is 14.9. The van der Waals surface area contributed by atoms with Gasteiger partial charge in [0, 0.05) is 0 Å². The second-order valence-electron chi connectivity index (χ2n) is 5.76. The van der Waals surface area contributed by atoms with Crippen molar-refractivity contribution in [3.05, 3.63) is 0 Å². The number of aliphatic carboxylic acids is 2. The molecule has 0 aromatic rings. The first-order valence-electron chi connectivity index (χ1n) is 7.95. The molecule has 5 atom stereocenters. The average Bonchev–Trinajstić information content (AvgIpc) is 2.61. The van der Waals surface area contributed by atoms with Crippen molar-refractivity contribution in [2.24, 2.45) is 5.73 Å². The minimum atomic E-state index is -1.82. The highest BCUT2D eigenvalue weighted by Crippen LogP contribution is 2.00. The molecule has 0 aromatic heterocycles. The molecule has 0 aliphatic heterocycles. The Kier molecular flexibility index (Phi) is 10.6. The SMILES string of the molecule is C[C@@H](O)[C@H](NC(=O)[C@H](CO)NC(=O)[C@@H](N)CO)C(=O)N[C@@H](CC(=O)O)C(=O)O. The molecule has 0 heterocycles. The van der Waals surface area contributed by atoms with Crippen molar-refractivity contribution in [3.8, 4) is 0 Å². The molecule has 0 radical (unpaired) electrons. The van der Waals surface area contributed by atoms with Crippen LogP contribution in [-0.4, -0.2) is 98.7 Å². The van der Waals surface area contributed by atoms with Gasteiger partial charge in [-0.1, -0.05) is 0 Å². The van der Waals surface area contributed by atoms with E-state index in [1.807, 2.05) is 16.0 Å². The van der Waals surface area contributed by atoms with Crippen LogP contribution in [0, 0.1) is 0 Å². The van der Waals surface area contributed by atoms with E-state index in [0.29, 0.717) is 0 Å². The summed E-state index contributed by atoms with van der Waals surface area (Å²) < 4.78 is 0. The number of nitrogens with one attached hydrogen (secondary N) is 3. The molecule has 160 valence electrons. The lowest BCUT2D eigenvalue weighted by atomic mass is 10.1. The number of amides is 3. The van der Waals surface area contributed by atoms with Crippen LogP contribution in [0.5, 0.6) is 0 Å². The van der Waals surface area contributed by atoms with Gasteiger partial charge in [0.25, 0.3) is 0 Å². The summed E-state index contributed by atoms with van der Waals surface area (Å²) in [4.78, 5) is 57.6. The third kappa shape index (κ3) is 8.26. The number of carboxylic acids is 2. The summed E-state index contributed by atoms with van der Waals surface area (Å²) in [6.45, 7) is -0.559. The van der Waals surface area contributed by atoms with Crippen molar-refractivity contribution < 1.29 is 49.5 Å². The zero-order valence-corrected chi connectivity index (χ0v) is 14.9. The highest BCUT2D eigenvalue weighted by Gasteiger charge is 2.33. The molecule has 10 N–H and O–H groups in total. The van der Waals surface area contributed by atoms with Crippen LogP contribution in [0.1, 0.15) is 13.3 Å². The molecule has 0 aliphatic rings. The van der Waals surface area contributed by atoms with Crippen molar-refractivity contribution in [2.75, 3.05) is 13.2 Å². The summed E-state index contributed by atoms with van der Waals surface area (Å²) in [7, 11) is 0. The van der Waals surface area contributed by atoms with Gasteiger partial charge in [-0.2, -0.15) is 0 Å². The second kappa shape index (κ2) is 11.8. The number of aliphatic hydroxyl groups is 3. The predicted molar refractivity (Wildman–Crippen MR) is 89.5 cm³/mol. The van der Waals surface area contributed by atoms with Crippen LogP contribution in [0.4, 0.5) is 0 Å². The first-order chi connectivity index (χ1) is 12.9. The molecule has 3 amide bonds. The van der Waals surface area contributed by atoms with Gasteiger partial charge in [0.15, 0.2) is 0 Å². The molecule has 0 spiro atoms. The molecule has 14 heteroatoms. The highest BCUT2D eigenvalue weighted by molar-refractivity contribution is 5.95. The van der Waals surface area contributed by atoms with E-state index < -0.39 is 79.6 Å². The minimum Gasteiger partial charge on any atom is -0.481 e. The third-order valence-corrected chi connectivity index (χ3v) is 3.40. The number of carboxylic acid groups (broad SMARTS) is 2. The Morgan fingerprint density at radius 2 is 1.39 bits per heavy atom. The van der Waals surface area contributed by atoms with E-state index in [0.717, 1.165) is 6.92 Å². The Morgan fingerprint density at radius 1 is 0.857 bits per heavy atom. The van der Waals surface area contributed by atoms with Gasteiger partial charge in [0.1, 0.15) is 24.2 Å². The summed E-state index contributed by atoms with van der Waals surface area (Å²) in [6.07, 6.45) is -2.49. The molecular formula is C14H24N4O10. The van der Waals surface area contributed by atoms with Gasteiger partial charge in [0.2, 0.25) is 17.7 Å². The molecule has 0 aromatic carbocycles. The largest absolute Gasteiger partial charge is 0.481 e. The fourth-order valence-corrected chi connectivity index (χ4v) is 1.85. The number of hydrogen-bond acceptors (Lipinski definition) is 9. The maximum atomic E-state index is 12.2. The smallest absolute Gasteiger partial charge is 0.326 e. The van der Waals surface area contributed by atoms with Crippen LogP contribution in [0.15, 0.2) is 0 Å². The van der Waals surface area contributed by atoms with Crippen LogP contribution in [-0.2, 0) is 24.0 Å². The molecule has 28 heavy (non-hydrogen) atoms. The van der Waals surface area contributed by atoms with E-state index in [2.05, 4.69) is 0 Å². The summed E-state index contributed by atoms with van der Waals surface area (Å²) in [5.41, 5.74) is 5.26. The van der Waals surface area contributed by atoms with E-state index >= 15 is 0 Å². The van der Waals surface area contributed by atoms with E-state index in [-0.39, 0.29) is 0 Å². The summed E-state index contributed by atoms with van der Waals surface area (Å²) >= 11 is 0. The topological polar surface area (TPSA) is 249 Å². The molecule has 0 rings (SSSR count). The van der Waals surface area contributed by atoms with Crippen LogP contribution in [0.3, 0.4) is 0 Å². The fraction of sp³-hybridized carbons (Fsp3) is 0.643. The van der Waals surface area contributed by atoms with Crippen LogP contribution in [0.25, 0.3) is 0 Å². The molecule has 0 saturated heterocycles. The molecule has 0 bridgehead atoms. The van der Waals surface area contributed by atoms with Crippen molar-refractivity contribution >= 4 is 29.7 Å². The number of nitrogens with two attached hydrogens (primary N) is 1. The van der Waals surface area contributed by atoms with Gasteiger partial charge in [-0.05, 0) is 6.92 Å². The van der Waals surface area contributed by atoms with Gasteiger partial charge < -0.3 is 47.2 Å². The number of aliphatic hydroxyl groups excluding tert-OH is 3. The van der Waals surface area contributed by atoms with Crippen molar-refractivity contribution in [3.63, 3.8) is 0 Å². The van der Waals surface area contributed by atoms with E-state index in [9.17, 15) is 34.2 Å². The molecule has 0 unspecified atom stereocenters. The Balaban J connectivity index is 5.18. The Labute approximate surface area is 158 Å². The van der Waals surface area contributed by atoms with Crippen LogP contribution >= 0.6 is 0 Å². The summed E-state index contributed by atoms with van der Waals surface area (Å²) in [5, 5.41) is 51.2. The standard InChI is InChI=1S/C14H24N4O10/c1-5(21)10(13(26)16-7(14(27)28)2-9(22)23)18-12(25)8(4-20)17-11(24)6(15)3-19/h5-8,10,19-21H,2-4,15H2,1H3,(H,16,26)(H,17,24)(H,18,25)(H,22,23)(H,27,28)/t5-,6+,7+,8+,10+/m1/s1. The third-order valence-electron chi connectivity index (χ3n) is 3.40. The quantitative estimate of drug-likeness (QED) is 0.147. The zero-order chi connectivity index (χ0) is 22.0. The van der Waals surface area contributed by atoms with Crippen molar-refractivity contribution in [1.29, 1.82) is 0 Å². The maximum absolute atomic E-state index is 12.2. The molecule has 0 saturated carbocycles.